The number of hydrogen-bond acceptors (Lipinski definition) is 4. The second-order valence-electron chi connectivity index (χ2n) is 6.12. The lowest BCUT2D eigenvalue weighted by atomic mass is 10.1. The number of ketones is 1. The normalized spacial score (nSPS) is 11.0. The molecule has 0 atom stereocenters. The van der Waals surface area contributed by atoms with E-state index in [1.54, 1.807) is 34.9 Å². The Hall–Kier alpha value is -2.74. The minimum absolute atomic E-state index is 0.253. The summed E-state index contributed by atoms with van der Waals surface area (Å²) in [6.45, 7) is 5.73. The highest BCUT2D eigenvalue weighted by Crippen LogP contribution is 2.17. The number of imidazole rings is 1. The van der Waals surface area contributed by atoms with Crippen molar-refractivity contribution in [3.63, 3.8) is 0 Å². The van der Waals surface area contributed by atoms with E-state index in [1.165, 1.54) is 11.6 Å². The maximum absolute atomic E-state index is 13.0. The fraction of sp³-hybridized carbons (Fsp3) is 0.222. The van der Waals surface area contributed by atoms with Crippen LogP contribution >= 0.6 is 15.9 Å². The molecule has 0 aliphatic rings. The molecule has 8 heteroatoms. The molecule has 0 N–H and O–H groups in total. The minimum atomic E-state index is -0.584. The molecule has 1 aromatic carbocycles. The van der Waals surface area contributed by atoms with Gasteiger partial charge in [-0.3, -0.25) is 18.7 Å². The number of hydrogen-bond donors (Lipinski definition) is 0. The van der Waals surface area contributed by atoms with Gasteiger partial charge in [0.1, 0.15) is 0 Å². The molecule has 0 bridgehead atoms. The first-order valence-corrected chi connectivity index (χ1v) is 8.68. The van der Waals surface area contributed by atoms with Crippen molar-refractivity contribution in [3.05, 3.63) is 73.6 Å². The molecule has 0 saturated carbocycles. The van der Waals surface area contributed by atoms with Crippen LogP contribution < -0.4 is 11.2 Å². The van der Waals surface area contributed by atoms with Crippen LogP contribution in [0.3, 0.4) is 0 Å². The lowest BCUT2D eigenvalue weighted by Gasteiger charge is -2.10. The zero-order valence-corrected chi connectivity index (χ0v) is 16.0. The van der Waals surface area contributed by atoms with Crippen LogP contribution in [0, 0.1) is 0 Å². The Morgan fingerprint density at radius 3 is 2.42 bits per heavy atom. The quantitative estimate of drug-likeness (QED) is 0.362. The van der Waals surface area contributed by atoms with Crippen LogP contribution in [-0.4, -0.2) is 24.5 Å². The molecule has 0 amide bonds. The molecule has 2 heterocycles. The van der Waals surface area contributed by atoms with Gasteiger partial charge in [0.05, 0.1) is 6.54 Å². The van der Waals surface area contributed by atoms with Gasteiger partial charge >= 0.3 is 5.69 Å². The second-order valence-corrected chi connectivity index (χ2v) is 6.83. The first-order chi connectivity index (χ1) is 12.3. The SMILES string of the molecule is C=C(C)Cn1c(Br)nc2c1c(=O)n(CC(=O)c1ccccc1)c(=O)n2C. The first kappa shape index (κ1) is 18.1. The van der Waals surface area contributed by atoms with E-state index in [-0.39, 0.29) is 23.5 Å². The summed E-state index contributed by atoms with van der Waals surface area (Å²) in [6.07, 6.45) is 0. The van der Waals surface area contributed by atoms with Crippen LogP contribution in [0.25, 0.3) is 11.2 Å². The van der Waals surface area contributed by atoms with Gasteiger partial charge in [-0.05, 0) is 22.9 Å². The third-order valence-electron chi connectivity index (χ3n) is 4.01. The summed E-state index contributed by atoms with van der Waals surface area (Å²) < 4.78 is 4.29. The van der Waals surface area contributed by atoms with E-state index < -0.39 is 11.2 Å². The minimum Gasteiger partial charge on any atom is -0.309 e. The summed E-state index contributed by atoms with van der Waals surface area (Å²) in [5.41, 5.74) is 0.647. The number of carbonyl (C=O) groups is 1. The molecule has 0 aliphatic carbocycles. The van der Waals surface area contributed by atoms with E-state index >= 15 is 0 Å². The van der Waals surface area contributed by atoms with Crippen molar-refractivity contribution in [2.45, 2.75) is 20.0 Å². The molecule has 3 aromatic rings. The molecule has 0 radical (unpaired) electrons. The molecule has 7 nitrogen and oxygen atoms in total. The maximum atomic E-state index is 13.0. The number of aromatic nitrogens is 4. The third kappa shape index (κ3) is 3.08. The van der Waals surface area contributed by atoms with Gasteiger partial charge in [0.25, 0.3) is 5.56 Å². The zero-order valence-electron chi connectivity index (χ0n) is 14.4. The number of Topliss-reactive ketones (excluding diaryl/α,β-unsaturated/α-hetero) is 1. The zero-order chi connectivity index (χ0) is 19.0. The van der Waals surface area contributed by atoms with Crippen molar-refractivity contribution in [3.8, 4) is 0 Å². The highest BCUT2D eigenvalue weighted by molar-refractivity contribution is 9.10. The molecule has 134 valence electrons. The van der Waals surface area contributed by atoms with Gasteiger partial charge in [0.2, 0.25) is 0 Å². The fourth-order valence-corrected chi connectivity index (χ4v) is 3.23. The van der Waals surface area contributed by atoms with E-state index in [0.717, 1.165) is 10.1 Å². The Morgan fingerprint density at radius 2 is 1.81 bits per heavy atom. The highest BCUT2D eigenvalue weighted by atomic mass is 79.9. The number of allylic oxidation sites excluding steroid dienone is 1. The van der Waals surface area contributed by atoms with Crippen LogP contribution in [-0.2, 0) is 20.1 Å². The van der Waals surface area contributed by atoms with Crippen molar-refractivity contribution < 1.29 is 4.79 Å². The van der Waals surface area contributed by atoms with Crippen molar-refractivity contribution in [1.29, 1.82) is 0 Å². The molecule has 0 unspecified atom stereocenters. The van der Waals surface area contributed by atoms with Gasteiger partial charge in [-0.25, -0.2) is 9.78 Å². The third-order valence-corrected chi connectivity index (χ3v) is 4.62. The van der Waals surface area contributed by atoms with Crippen LogP contribution in [0.5, 0.6) is 0 Å². The van der Waals surface area contributed by atoms with Crippen LogP contribution in [0.1, 0.15) is 17.3 Å². The molecule has 26 heavy (non-hydrogen) atoms. The standard InChI is InChI=1S/C18H17BrN4O3/c1-11(2)9-22-14-15(20-17(22)19)21(3)18(26)23(16(14)25)10-13(24)12-7-5-4-6-8-12/h4-8H,1,9-10H2,2-3H3. The first-order valence-electron chi connectivity index (χ1n) is 7.89. The number of carbonyl (C=O) groups excluding carboxylic acids is 1. The summed E-state index contributed by atoms with van der Waals surface area (Å²) in [5.74, 6) is -0.311. The number of nitrogens with zero attached hydrogens (tertiary/aromatic N) is 4. The molecule has 0 spiro atoms. The Kier molecular flexibility index (Phi) is 4.78. The van der Waals surface area contributed by atoms with Crippen LogP contribution in [0.15, 0.2) is 56.8 Å². The number of halogens is 1. The molecular weight excluding hydrogens is 400 g/mol. The molecule has 0 saturated heterocycles. The van der Waals surface area contributed by atoms with Crippen molar-refractivity contribution in [2.24, 2.45) is 7.05 Å². The Bertz CT molecular complexity index is 1140. The summed E-state index contributed by atoms with van der Waals surface area (Å²) in [6, 6.07) is 8.56. The van der Waals surface area contributed by atoms with Crippen molar-refractivity contribution >= 4 is 32.9 Å². The summed E-state index contributed by atoms with van der Waals surface area (Å²) in [5, 5.41) is 0. The van der Waals surface area contributed by atoms with Crippen LogP contribution in [0.2, 0.25) is 0 Å². The van der Waals surface area contributed by atoms with E-state index in [2.05, 4.69) is 27.5 Å². The Balaban J connectivity index is 2.20. The molecule has 0 fully saturated rings. The highest BCUT2D eigenvalue weighted by Gasteiger charge is 2.20. The predicted molar refractivity (Wildman–Crippen MR) is 103 cm³/mol. The molecule has 3 rings (SSSR count). The van der Waals surface area contributed by atoms with E-state index in [0.29, 0.717) is 16.8 Å². The molecular formula is C18H17BrN4O3. The van der Waals surface area contributed by atoms with E-state index in [4.69, 9.17) is 0 Å². The van der Waals surface area contributed by atoms with Gasteiger partial charge < -0.3 is 4.57 Å². The molecule has 0 aliphatic heterocycles. The summed E-state index contributed by atoms with van der Waals surface area (Å²) in [4.78, 5) is 42.3. The maximum Gasteiger partial charge on any atom is 0.332 e. The Morgan fingerprint density at radius 1 is 1.15 bits per heavy atom. The van der Waals surface area contributed by atoms with Gasteiger partial charge in [0.15, 0.2) is 21.7 Å². The van der Waals surface area contributed by atoms with Gasteiger partial charge in [-0.2, -0.15) is 0 Å². The monoisotopic (exact) mass is 416 g/mol. The summed E-state index contributed by atoms with van der Waals surface area (Å²) >= 11 is 3.32. The van der Waals surface area contributed by atoms with Crippen LogP contribution in [0.4, 0.5) is 0 Å². The lowest BCUT2D eigenvalue weighted by Crippen LogP contribution is -2.41. The Labute approximate surface area is 157 Å². The average molecular weight is 417 g/mol. The van der Waals surface area contributed by atoms with Crippen molar-refractivity contribution in [2.75, 3.05) is 0 Å². The van der Waals surface area contributed by atoms with Gasteiger partial charge in [-0.15, -0.1) is 0 Å². The largest absolute Gasteiger partial charge is 0.332 e. The topological polar surface area (TPSA) is 78.9 Å². The summed E-state index contributed by atoms with van der Waals surface area (Å²) in [7, 11) is 1.53. The number of aryl methyl sites for hydroxylation is 1. The van der Waals surface area contributed by atoms with Gasteiger partial charge in [-0.1, -0.05) is 42.5 Å². The van der Waals surface area contributed by atoms with Crippen molar-refractivity contribution in [1.82, 2.24) is 18.7 Å². The molecule has 2 aromatic heterocycles. The number of benzene rings is 1. The lowest BCUT2D eigenvalue weighted by molar-refractivity contribution is 0.0969. The fourth-order valence-electron chi connectivity index (χ4n) is 2.76. The van der Waals surface area contributed by atoms with Gasteiger partial charge in [0, 0.05) is 19.2 Å². The van der Waals surface area contributed by atoms with E-state index in [1.807, 2.05) is 6.92 Å². The number of fused-ring (bicyclic) bond motifs is 1. The predicted octanol–water partition coefficient (Wildman–Crippen LogP) is 2.12. The van der Waals surface area contributed by atoms with E-state index in [9.17, 15) is 14.4 Å². The second kappa shape index (κ2) is 6.87. The average Bonchev–Trinajstić information content (AvgIpc) is 2.93. The number of rotatable bonds is 5. The smallest absolute Gasteiger partial charge is 0.309 e.